The Labute approximate surface area is 126 Å². The van der Waals surface area contributed by atoms with Crippen molar-refractivity contribution in [2.45, 2.75) is 18.1 Å². The number of halogens is 1. The quantitative estimate of drug-likeness (QED) is 0.912. The van der Waals surface area contributed by atoms with Gasteiger partial charge in [-0.25, -0.2) is 13.4 Å². The maximum atomic E-state index is 12.3. The Morgan fingerprint density at radius 3 is 2.70 bits per heavy atom. The molecular formula is C12H13ClN2O3S2. The lowest BCUT2D eigenvalue weighted by Crippen LogP contribution is -2.13. The first-order valence-corrected chi connectivity index (χ1v) is 8.49. The number of aromatic nitrogens is 1. The second-order valence-corrected chi connectivity index (χ2v) is 7.33. The minimum absolute atomic E-state index is 0.105. The topological polar surface area (TPSA) is 68.3 Å². The van der Waals surface area contributed by atoms with E-state index in [9.17, 15) is 8.42 Å². The van der Waals surface area contributed by atoms with Crippen molar-refractivity contribution in [2.75, 3.05) is 11.3 Å². The van der Waals surface area contributed by atoms with E-state index in [1.807, 2.05) is 6.92 Å². The normalized spacial score (nSPS) is 11.3. The molecule has 1 aromatic carbocycles. The first kappa shape index (κ1) is 15.1. The molecule has 0 amide bonds. The Morgan fingerprint density at radius 2 is 2.10 bits per heavy atom. The highest BCUT2D eigenvalue weighted by atomic mass is 35.5. The molecule has 0 radical (unpaired) electrons. The summed E-state index contributed by atoms with van der Waals surface area (Å²) in [7, 11) is -3.72. The van der Waals surface area contributed by atoms with Gasteiger partial charge in [-0.05, 0) is 26.0 Å². The number of hydrogen-bond acceptors (Lipinski definition) is 5. The number of ether oxygens (including phenoxy) is 1. The van der Waals surface area contributed by atoms with Crippen LogP contribution in [0.25, 0.3) is 0 Å². The molecule has 0 unspecified atom stereocenters. The third-order valence-electron chi connectivity index (χ3n) is 2.40. The molecule has 0 saturated heterocycles. The van der Waals surface area contributed by atoms with E-state index in [-0.39, 0.29) is 8.68 Å². The lowest BCUT2D eigenvalue weighted by Gasteiger charge is -2.11. The van der Waals surface area contributed by atoms with Crippen LogP contribution in [0.15, 0.2) is 28.5 Å². The molecule has 20 heavy (non-hydrogen) atoms. The van der Waals surface area contributed by atoms with E-state index < -0.39 is 10.0 Å². The molecule has 1 aromatic heterocycles. The summed E-state index contributed by atoms with van der Waals surface area (Å²) in [6.07, 6.45) is 0. The van der Waals surface area contributed by atoms with Gasteiger partial charge < -0.3 is 4.74 Å². The molecule has 8 heteroatoms. The molecule has 0 atom stereocenters. The number of nitrogens with one attached hydrogen (secondary N) is 1. The first-order chi connectivity index (χ1) is 9.44. The maximum absolute atomic E-state index is 12.3. The molecule has 2 rings (SSSR count). The summed E-state index contributed by atoms with van der Waals surface area (Å²) in [4.78, 5) is 3.91. The van der Waals surface area contributed by atoms with Crippen LogP contribution in [0.2, 0.25) is 4.47 Å². The SMILES string of the molecule is CCOc1ccccc1NS(=O)(=O)c1sc(Cl)nc1C. The van der Waals surface area contributed by atoms with Gasteiger partial charge in [0.05, 0.1) is 18.0 Å². The van der Waals surface area contributed by atoms with Crippen molar-refractivity contribution in [3.8, 4) is 5.75 Å². The van der Waals surface area contributed by atoms with Crippen LogP contribution in [0.4, 0.5) is 5.69 Å². The molecule has 2 aromatic rings. The van der Waals surface area contributed by atoms with Gasteiger partial charge >= 0.3 is 0 Å². The van der Waals surface area contributed by atoms with Gasteiger partial charge in [-0.3, -0.25) is 4.72 Å². The minimum atomic E-state index is -3.72. The van der Waals surface area contributed by atoms with Gasteiger partial charge in [0.1, 0.15) is 5.75 Å². The monoisotopic (exact) mass is 332 g/mol. The number of benzene rings is 1. The molecule has 108 valence electrons. The van der Waals surface area contributed by atoms with Crippen molar-refractivity contribution in [3.63, 3.8) is 0 Å². The molecule has 0 bridgehead atoms. The van der Waals surface area contributed by atoms with Gasteiger partial charge in [-0.15, -0.1) is 0 Å². The van der Waals surface area contributed by atoms with Crippen molar-refractivity contribution >= 4 is 38.6 Å². The largest absolute Gasteiger partial charge is 0.492 e. The first-order valence-electron chi connectivity index (χ1n) is 5.81. The number of sulfonamides is 1. The summed E-state index contributed by atoms with van der Waals surface area (Å²) in [5.74, 6) is 0.479. The number of para-hydroxylation sites is 2. The summed E-state index contributed by atoms with van der Waals surface area (Å²) in [6.45, 7) is 3.88. The molecule has 1 heterocycles. The Bertz CT molecular complexity index is 713. The predicted octanol–water partition coefficient (Wildman–Crippen LogP) is 3.30. The summed E-state index contributed by atoms with van der Waals surface area (Å²) in [5, 5.41) is 0. The van der Waals surface area contributed by atoms with Gasteiger partial charge in [0.2, 0.25) is 0 Å². The molecule has 0 aliphatic rings. The summed E-state index contributed by atoms with van der Waals surface area (Å²) >= 11 is 6.67. The summed E-state index contributed by atoms with van der Waals surface area (Å²) in [5.41, 5.74) is 0.764. The Hall–Kier alpha value is -1.31. The Kier molecular flexibility index (Phi) is 4.52. The average molecular weight is 333 g/mol. The summed E-state index contributed by atoms with van der Waals surface area (Å²) < 4.78 is 32.9. The van der Waals surface area contributed by atoms with E-state index in [1.165, 1.54) is 0 Å². The Balaban J connectivity index is 2.36. The zero-order chi connectivity index (χ0) is 14.8. The fourth-order valence-corrected chi connectivity index (χ4v) is 4.43. The molecular weight excluding hydrogens is 320 g/mol. The molecule has 0 aliphatic carbocycles. The highest BCUT2D eigenvalue weighted by Gasteiger charge is 2.22. The van der Waals surface area contributed by atoms with Crippen molar-refractivity contribution in [1.29, 1.82) is 0 Å². The average Bonchev–Trinajstić information content (AvgIpc) is 2.72. The van der Waals surface area contributed by atoms with Crippen LogP contribution in [0.3, 0.4) is 0 Å². The third-order valence-corrected chi connectivity index (χ3v) is 5.64. The number of thiazole rings is 1. The standard InChI is InChI=1S/C12H13ClN2O3S2/c1-3-18-10-7-5-4-6-9(10)15-20(16,17)11-8(2)14-12(13)19-11/h4-7,15H,3H2,1-2H3. The van der Waals surface area contributed by atoms with Crippen LogP contribution >= 0.6 is 22.9 Å². The predicted molar refractivity (Wildman–Crippen MR) is 80.3 cm³/mol. The van der Waals surface area contributed by atoms with Gasteiger partial charge in [-0.1, -0.05) is 35.1 Å². The van der Waals surface area contributed by atoms with Crippen LogP contribution in [-0.2, 0) is 10.0 Å². The molecule has 0 aliphatic heterocycles. The smallest absolute Gasteiger partial charge is 0.273 e. The van der Waals surface area contributed by atoms with Gasteiger partial charge in [0.25, 0.3) is 10.0 Å². The van der Waals surface area contributed by atoms with E-state index in [0.29, 0.717) is 23.7 Å². The van der Waals surface area contributed by atoms with E-state index in [2.05, 4.69) is 9.71 Å². The molecule has 5 nitrogen and oxygen atoms in total. The van der Waals surface area contributed by atoms with Crippen LogP contribution in [0, 0.1) is 6.92 Å². The van der Waals surface area contributed by atoms with Crippen molar-refractivity contribution in [1.82, 2.24) is 4.98 Å². The summed E-state index contributed by atoms with van der Waals surface area (Å²) in [6, 6.07) is 6.85. The van der Waals surface area contributed by atoms with Gasteiger partial charge in [0, 0.05) is 0 Å². The van der Waals surface area contributed by atoms with E-state index in [1.54, 1.807) is 31.2 Å². The second kappa shape index (κ2) is 5.99. The van der Waals surface area contributed by atoms with Crippen LogP contribution < -0.4 is 9.46 Å². The fourth-order valence-electron chi connectivity index (χ4n) is 1.62. The second-order valence-electron chi connectivity index (χ2n) is 3.87. The van der Waals surface area contributed by atoms with Gasteiger partial charge in [0.15, 0.2) is 8.68 Å². The Morgan fingerprint density at radius 1 is 1.40 bits per heavy atom. The van der Waals surface area contributed by atoms with Crippen LogP contribution in [-0.4, -0.2) is 20.0 Å². The molecule has 1 N–H and O–H groups in total. The fraction of sp³-hybridized carbons (Fsp3) is 0.250. The lowest BCUT2D eigenvalue weighted by molar-refractivity contribution is 0.342. The highest BCUT2D eigenvalue weighted by molar-refractivity contribution is 7.94. The van der Waals surface area contributed by atoms with Crippen molar-refractivity contribution < 1.29 is 13.2 Å². The molecule has 0 saturated carbocycles. The number of nitrogens with zero attached hydrogens (tertiary/aromatic N) is 1. The van der Waals surface area contributed by atoms with E-state index >= 15 is 0 Å². The zero-order valence-corrected chi connectivity index (χ0v) is 13.3. The molecule has 0 fully saturated rings. The highest BCUT2D eigenvalue weighted by Crippen LogP contribution is 2.31. The minimum Gasteiger partial charge on any atom is -0.492 e. The van der Waals surface area contributed by atoms with Crippen LogP contribution in [0.5, 0.6) is 5.75 Å². The van der Waals surface area contributed by atoms with Crippen LogP contribution in [0.1, 0.15) is 12.6 Å². The number of hydrogen-bond donors (Lipinski definition) is 1. The number of rotatable bonds is 5. The van der Waals surface area contributed by atoms with Crippen molar-refractivity contribution in [3.05, 3.63) is 34.4 Å². The maximum Gasteiger partial charge on any atom is 0.273 e. The zero-order valence-electron chi connectivity index (χ0n) is 10.9. The van der Waals surface area contributed by atoms with E-state index in [0.717, 1.165) is 11.3 Å². The number of anilines is 1. The molecule has 0 spiro atoms. The van der Waals surface area contributed by atoms with Gasteiger partial charge in [-0.2, -0.15) is 0 Å². The van der Waals surface area contributed by atoms with E-state index in [4.69, 9.17) is 16.3 Å². The number of aryl methyl sites for hydroxylation is 1. The van der Waals surface area contributed by atoms with Crippen molar-refractivity contribution in [2.24, 2.45) is 0 Å². The lowest BCUT2D eigenvalue weighted by atomic mass is 10.3. The third kappa shape index (κ3) is 3.23.